The van der Waals surface area contributed by atoms with Crippen LogP contribution >= 0.6 is 0 Å². The topological polar surface area (TPSA) is 139 Å². The van der Waals surface area contributed by atoms with Gasteiger partial charge < -0.3 is 20.1 Å². The predicted octanol–water partition coefficient (Wildman–Crippen LogP) is 4.14. The van der Waals surface area contributed by atoms with Gasteiger partial charge in [0.25, 0.3) is 0 Å². The predicted molar refractivity (Wildman–Crippen MR) is 131 cm³/mol. The molecule has 1 atom stereocenters. The van der Waals surface area contributed by atoms with Gasteiger partial charge in [0.15, 0.2) is 17.5 Å². The summed E-state index contributed by atoms with van der Waals surface area (Å²) in [7, 11) is 0. The van der Waals surface area contributed by atoms with Gasteiger partial charge in [-0.2, -0.15) is 5.10 Å². The molecule has 0 radical (unpaired) electrons. The van der Waals surface area contributed by atoms with Crippen molar-refractivity contribution in [2.45, 2.75) is 19.0 Å². The van der Waals surface area contributed by atoms with Gasteiger partial charge in [0, 0.05) is 18.1 Å². The van der Waals surface area contributed by atoms with Gasteiger partial charge in [0.1, 0.15) is 35.3 Å². The minimum absolute atomic E-state index is 0.00195. The molecule has 12 heteroatoms. The lowest BCUT2D eigenvalue weighted by atomic mass is 10.1. The molecule has 10 nitrogen and oxygen atoms in total. The van der Waals surface area contributed by atoms with Crippen LogP contribution in [0, 0.1) is 11.6 Å². The van der Waals surface area contributed by atoms with Crippen LogP contribution in [0.5, 0.6) is 5.75 Å². The summed E-state index contributed by atoms with van der Waals surface area (Å²) in [5.74, 6) is -2.76. The Kier molecular flexibility index (Phi) is 6.76. The summed E-state index contributed by atoms with van der Waals surface area (Å²) < 4.78 is 35.4. The van der Waals surface area contributed by atoms with Crippen LogP contribution in [-0.4, -0.2) is 47.1 Å². The largest absolute Gasteiger partial charge is 0.508 e. The number of hydrogen-bond acceptors (Lipinski definition) is 8. The highest BCUT2D eigenvalue weighted by molar-refractivity contribution is 5.77. The Balaban J connectivity index is 1.47. The molecule has 3 heterocycles. The van der Waals surface area contributed by atoms with Crippen molar-refractivity contribution in [3.63, 3.8) is 0 Å². The fraction of sp³-hybridized carbons (Fsp3) is 0.115. The highest BCUT2D eigenvalue weighted by Crippen LogP contribution is 2.26. The van der Waals surface area contributed by atoms with Crippen molar-refractivity contribution in [2.75, 3.05) is 5.32 Å². The Morgan fingerprint density at radius 2 is 1.84 bits per heavy atom. The minimum Gasteiger partial charge on any atom is -0.508 e. The maximum absolute atomic E-state index is 14.6. The summed E-state index contributed by atoms with van der Waals surface area (Å²) in [5.41, 5.74) is 2.14. The maximum atomic E-state index is 14.6. The molecule has 0 aliphatic rings. The van der Waals surface area contributed by atoms with E-state index in [1.54, 1.807) is 42.5 Å². The van der Waals surface area contributed by atoms with Crippen molar-refractivity contribution in [3.8, 4) is 28.7 Å². The molecule has 5 rings (SSSR count). The highest BCUT2D eigenvalue weighted by atomic mass is 19.1. The van der Waals surface area contributed by atoms with Crippen molar-refractivity contribution >= 4 is 11.8 Å². The second kappa shape index (κ2) is 10.5. The zero-order valence-electron chi connectivity index (χ0n) is 19.6. The van der Waals surface area contributed by atoms with Gasteiger partial charge in [-0.1, -0.05) is 35.5 Å². The monoisotopic (exact) mass is 518 g/mol. The van der Waals surface area contributed by atoms with Crippen LogP contribution in [0.15, 0.2) is 77.6 Å². The molecule has 3 aromatic heterocycles. The Hall–Kier alpha value is -5.13. The van der Waals surface area contributed by atoms with Crippen LogP contribution in [0.4, 0.5) is 14.6 Å². The van der Waals surface area contributed by atoms with E-state index in [2.05, 4.69) is 25.5 Å². The summed E-state index contributed by atoms with van der Waals surface area (Å²) in [5, 5.41) is 30.2. The van der Waals surface area contributed by atoms with E-state index in [0.717, 1.165) is 6.20 Å². The van der Waals surface area contributed by atoms with E-state index in [-0.39, 0.29) is 36.1 Å². The van der Waals surface area contributed by atoms with Crippen molar-refractivity contribution in [1.29, 1.82) is 0 Å². The number of nitrogens with zero attached hydrogens (tertiary/aromatic N) is 5. The molecule has 3 N–H and O–H groups in total. The number of rotatable bonds is 9. The Labute approximate surface area is 214 Å². The van der Waals surface area contributed by atoms with E-state index >= 15 is 0 Å². The summed E-state index contributed by atoms with van der Waals surface area (Å²) >= 11 is 0. The van der Waals surface area contributed by atoms with Crippen LogP contribution in [0.3, 0.4) is 0 Å². The molecule has 38 heavy (non-hydrogen) atoms. The average molecular weight is 518 g/mol. The van der Waals surface area contributed by atoms with E-state index in [4.69, 9.17) is 4.52 Å². The standard InChI is InChI=1S/C26H20F2N6O4/c27-18-4-2-1-3-16(18)14-34-23(20-9-10-38-33-20)12-21(32-34)25-29-13-19(28)24(31-25)30-22(26(36)37)11-15-5-7-17(35)8-6-15/h1-10,12-13,22,35H,11,14H2,(H,36,37)(H,29,30,31)/t22-/m0/s1. The lowest BCUT2D eigenvalue weighted by Crippen LogP contribution is -2.32. The second-order valence-electron chi connectivity index (χ2n) is 8.34. The van der Waals surface area contributed by atoms with Gasteiger partial charge in [0.05, 0.1) is 18.4 Å². The molecule has 0 unspecified atom stereocenters. The number of aromatic hydroxyl groups is 1. The first-order valence-corrected chi connectivity index (χ1v) is 11.4. The molecule has 0 spiro atoms. The second-order valence-corrected chi connectivity index (χ2v) is 8.34. The number of hydrogen-bond donors (Lipinski definition) is 3. The Bertz CT molecular complexity index is 1570. The highest BCUT2D eigenvalue weighted by Gasteiger charge is 2.22. The van der Waals surface area contributed by atoms with Crippen LogP contribution < -0.4 is 5.32 Å². The van der Waals surface area contributed by atoms with Crippen molar-refractivity contribution in [1.82, 2.24) is 24.9 Å². The van der Waals surface area contributed by atoms with E-state index in [0.29, 0.717) is 22.5 Å². The molecule has 0 bridgehead atoms. The van der Waals surface area contributed by atoms with Gasteiger partial charge in [-0.25, -0.2) is 23.5 Å². The first-order valence-electron chi connectivity index (χ1n) is 11.4. The lowest BCUT2D eigenvalue weighted by molar-refractivity contribution is -0.137. The number of anilines is 1. The van der Waals surface area contributed by atoms with Gasteiger partial charge in [-0.3, -0.25) is 4.68 Å². The van der Waals surface area contributed by atoms with Crippen molar-refractivity contribution in [3.05, 3.63) is 95.9 Å². The Morgan fingerprint density at radius 1 is 1.05 bits per heavy atom. The number of carboxylic acids is 1. The van der Waals surface area contributed by atoms with E-state index in [1.807, 2.05) is 0 Å². The number of phenolic OH excluding ortho intramolecular Hbond substituents is 1. The maximum Gasteiger partial charge on any atom is 0.326 e. The van der Waals surface area contributed by atoms with Crippen LogP contribution in [-0.2, 0) is 17.8 Å². The quantitative estimate of drug-likeness (QED) is 0.263. The van der Waals surface area contributed by atoms with Crippen molar-refractivity contribution in [2.24, 2.45) is 0 Å². The first kappa shape index (κ1) is 24.6. The van der Waals surface area contributed by atoms with Gasteiger partial charge in [-0.05, 0) is 29.8 Å². The van der Waals surface area contributed by atoms with Crippen LogP contribution in [0.25, 0.3) is 22.9 Å². The van der Waals surface area contributed by atoms with Crippen LogP contribution in [0.1, 0.15) is 11.1 Å². The molecule has 0 aliphatic carbocycles. The number of benzene rings is 2. The number of carbonyl (C=O) groups is 1. The smallest absolute Gasteiger partial charge is 0.326 e. The average Bonchev–Trinajstić information content (AvgIpc) is 3.58. The number of nitrogens with one attached hydrogen (secondary N) is 1. The van der Waals surface area contributed by atoms with Gasteiger partial charge in [0.2, 0.25) is 0 Å². The summed E-state index contributed by atoms with van der Waals surface area (Å²) in [4.78, 5) is 20.1. The molecule has 0 aliphatic heterocycles. The fourth-order valence-electron chi connectivity index (χ4n) is 3.81. The molecular formula is C26H20F2N6O4. The van der Waals surface area contributed by atoms with E-state index in [1.165, 1.54) is 29.1 Å². The summed E-state index contributed by atoms with van der Waals surface area (Å²) in [6.45, 7) is 0.0644. The molecule has 0 saturated heterocycles. The zero-order valence-corrected chi connectivity index (χ0v) is 19.6. The fourth-order valence-corrected chi connectivity index (χ4v) is 3.81. The SMILES string of the molecule is O=C(O)[C@H](Cc1ccc(O)cc1)Nc1nc(-c2cc(-c3ccon3)n(Cc3ccccc3F)n2)ncc1F. The minimum atomic E-state index is -1.22. The molecule has 2 aromatic carbocycles. The third kappa shape index (κ3) is 5.33. The van der Waals surface area contributed by atoms with Crippen molar-refractivity contribution < 1.29 is 28.3 Å². The number of phenols is 1. The molecule has 192 valence electrons. The summed E-state index contributed by atoms with van der Waals surface area (Å²) in [6.07, 6.45) is 2.30. The van der Waals surface area contributed by atoms with Gasteiger partial charge in [-0.15, -0.1) is 0 Å². The normalized spacial score (nSPS) is 11.8. The number of carboxylic acid groups (broad SMARTS) is 1. The number of halogens is 2. The first-order chi connectivity index (χ1) is 18.4. The van der Waals surface area contributed by atoms with E-state index in [9.17, 15) is 23.8 Å². The lowest BCUT2D eigenvalue weighted by Gasteiger charge is -2.16. The van der Waals surface area contributed by atoms with E-state index < -0.39 is 23.6 Å². The number of aliphatic carboxylic acids is 1. The van der Waals surface area contributed by atoms with Gasteiger partial charge >= 0.3 is 5.97 Å². The number of aromatic nitrogens is 5. The third-order valence-corrected chi connectivity index (χ3v) is 5.72. The molecular weight excluding hydrogens is 498 g/mol. The zero-order chi connectivity index (χ0) is 26.6. The summed E-state index contributed by atoms with van der Waals surface area (Å²) in [6, 6.07) is 14.2. The molecule has 0 fully saturated rings. The molecule has 0 saturated carbocycles. The van der Waals surface area contributed by atoms with Crippen LogP contribution in [0.2, 0.25) is 0 Å². The third-order valence-electron chi connectivity index (χ3n) is 5.72. The Morgan fingerprint density at radius 3 is 2.55 bits per heavy atom. The molecule has 5 aromatic rings. The molecule has 0 amide bonds.